The normalized spacial score (nSPS) is 10.2. The molecule has 1 aromatic carbocycles. The Morgan fingerprint density at radius 3 is 2.75 bits per heavy atom. The lowest BCUT2D eigenvalue weighted by atomic mass is 10.1. The summed E-state index contributed by atoms with van der Waals surface area (Å²) in [6, 6.07) is 5.24. The minimum Gasteiger partial charge on any atom is -0.207 e. The van der Waals surface area contributed by atoms with Gasteiger partial charge in [0.2, 0.25) is 0 Å². The Kier molecular flexibility index (Phi) is 3.73. The molecule has 0 amide bonds. The summed E-state index contributed by atoms with van der Waals surface area (Å²) < 4.78 is 13.9. The standard InChI is InChI=1S/C10H12BrF/c1-2-3-4-8-5-6-9(11)7-10(8)12/h5-7H,2-4H2,1H3. The first-order valence-corrected chi connectivity index (χ1v) is 4.97. The van der Waals surface area contributed by atoms with Gasteiger partial charge in [-0.1, -0.05) is 35.3 Å². The Morgan fingerprint density at radius 1 is 1.42 bits per heavy atom. The van der Waals surface area contributed by atoms with Crippen LogP contribution >= 0.6 is 15.9 Å². The zero-order valence-corrected chi connectivity index (χ0v) is 8.70. The van der Waals surface area contributed by atoms with Gasteiger partial charge in [-0.25, -0.2) is 4.39 Å². The predicted molar refractivity (Wildman–Crippen MR) is 52.7 cm³/mol. The van der Waals surface area contributed by atoms with E-state index in [2.05, 4.69) is 22.9 Å². The van der Waals surface area contributed by atoms with Crippen molar-refractivity contribution >= 4 is 15.9 Å². The molecule has 0 saturated heterocycles. The second-order valence-electron chi connectivity index (χ2n) is 2.84. The van der Waals surface area contributed by atoms with E-state index in [-0.39, 0.29) is 5.82 Å². The van der Waals surface area contributed by atoms with Crippen LogP contribution in [0.4, 0.5) is 4.39 Å². The molecule has 0 aliphatic carbocycles. The molecule has 0 aliphatic heterocycles. The van der Waals surface area contributed by atoms with Crippen LogP contribution in [0.15, 0.2) is 22.7 Å². The molecule has 0 N–H and O–H groups in total. The SMILES string of the molecule is CCCCc1ccc(Br)cc1F. The van der Waals surface area contributed by atoms with Gasteiger partial charge >= 0.3 is 0 Å². The summed E-state index contributed by atoms with van der Waals surface area (Å²) in [5.74, 6) is -0.0992. The van der Waals surface area contributed by atoms with Gasteiger partial charge in [0.25, 0.3) is 0 Å². The highest BCUT2D eigenvalue weighted by molar-refractivity contribution is 9.10. The van der Waals surface area contributed by atoms with E-state index in [1.807, 2.05) is 12.1 Å². The van der Waals surface area contributed by atoms with Gasteiger partial charge in [-0.15, -0.1) is 0 Å². The summed E-state index contributed by atoms with van der Waals surface area (Å²) in [4.78, 5) is 0. The summed E-state index contributed by atoms with van der Waals surface area (Å²) in [6.45, 7) is 2.11. The van der Waals surface area contributed by atoms with E-state index in [9.17, 15) is 4.39 Å². The molecule has 0 aromatic heterocycles. The molecule has 0 radical (unpaired) electrons. The van der Waals surface area contributed by atoms with Gasteiger partial charge in [0.15, 0.2) is 0 Å². The Bertz CT molecular complexity index is 258. The molecule has 0 unspecified atom stereocenters. The van der Waals surface area contributed by atoms with Crippen LogP contribution in [0, 0.1) is 5.82 Å². The van der Waals surface area contributed by atoms with Gasteiger partial charge in [0, 0.05) is 4.47 Å². The van der Waals surface area contributed by atoms with Gasteiger partial charge in [0.1, 0.15) is 5.82 Å². The number of unbranched alkanes of at least 4 members (excludes halogenated alkanes) is 1. The summed E-state index contributed by atoms with van der Waals surface area (Å²) in [5.41, 5.74) is 0.819. The Balaban J connectivity index is 2.72. The molecule has 0 heterocycles. The highest BCUT2D eigenvalue weighted by Gasteiger charge is 2.00. The van der Waals surface area contributed by atoms with Gasteiger partial charge in [-0.3, -0.25) is 0 Å². The fourth-order valence-electron chi connectivity index (χ4n) is 1.09. The molecular formula is C10H12BrF. The van der Waals surface area contributed by atoms with Crippen molar-refractivity contribution in [2.75, 3.05) is 0 Å². The van der Waals surface area contributed by atoms with Crippen LogP contribution in [0.2, 0.25) is 0 Å². The minimum absolute atomic E-state index is 0.0992. The van der Waals surface area contributed by atoms with E-state index >= 15 is 0 Å². The number of hydrogen-bond donors (Lipinski definition) is 0. The van der Waals surface area contributed by atoms with Crippen LogP contribution in [-0.4, -0.2) is 0 Å². The lowest BCUT2D eigenvalue weighted by Crippen LogP contribution is -1.89. The number of aryl methyl sites for hydroxylation is 1. The summed E-state index contributed by atoms with van der Waals surface area (Å²) in [7, 11) is 0. The smallest absolute Gasteiger partial charge is 0.127 e. The maximum absolute atomic E-state index is 13.1. The van der Waals surface area contributed by atoms with Crippen molar-refractivity contribution in [3.63, 3.8) is 0 Å². The zero-order chi connectivity index (χ0) is 8.97. The lowest BCUT2D eigenvalue weighted by molar-refractivity contribution is 0.602. The Morgan fingerprint density at radius 2 is 2.17 bits per heavy atom. The molecule has 0 saturated carbocycles. The van der Waals surface area contributed by atoms with Gasteiger partial charge < -0.3 is 0 Å². The average molecular weight is 231 g/mol. The summed E-state index contributed by atoms with van der Waals surface area (Å²) >= 11 is 3.22. The summed E-state index contributed by atoms with van der Waals surface area (Å²) in [6.07, 6.45) is 3.00. The van der Waals surface area contributed by atoms with Crippen LogP contribution in [0.3, 0.4) is 0 Å². The second-order valence-corrected chi connectivity index (χ2v) is 3.75. The Hall–Kier alpha value is -0.370. The molecule has 66 valence electrons. The average Bonchev–Trinajstić information content (AvgIpc) is 2.03. The molecule has 0 bridgehead atoms. The largest absolute Gasteiger partial charge is 0.207 e. The van der Waals surface area contributed by atoms with Gasteiger partial charge in [-0.05, 0) is 30.5 Å². The second kappa shape index (κ2) is 4.61. The molecule has 0 atom stereocenters. The zero-order valence-electron chi connectivity index (χ0n) is 7.11. The molecule has 1 rings (SSSR count). The molecule has 0 fully saturated rings. The minimum atomic E-state index is -0.0992. The highest BCUT2D eigenvalue weighted by atomic mass is 79.9. The third-order valence-corrected chi connectivity index (χ3v) is 2.31. The third kappa shape index (κ3) is 2.59. The number of hydrogen-bond acceptors (Lipinski definition) is 0. The van der Waals surface area contributed by atoms with Crippen molar-refractivity contribution in [3.8, 4) is 0 Å². The number of rotatable bonds is 3. The first-order chi connectivity index (χ1) is 5.74. The fraction of sp³-hybridized carbons (Fsp3) is 0.400. The molecular weight excluding hydrogens is 219 g/mol. The van der Waals surface area contributed by atoms with E-state index in [0.29, 0.717) is 0 Å². The van der Waals surface area contributed by atoms with Crippen molar-refractivity contribution in [2.24, 2.45) is 0 Å². The quantitative estimate of drug-likeness (QED) is 0.739. The predicted octanol–water partition coefficient (Wildman–Crippen LogP) is 3.93. The van der Waals surface area contributed by atoms with Gasteiger partial charge in [-0.2, -0.15) is 0 Å². The van der Waals surface area contributed by atoms with E-state index in [0.717, 1.165) is 29.3 Å². The fourth-order valence-corrected chi connectivity index (χ4v) is 1.42. The van der Waals surface area contributed by atoms with Crippen LogP contribution in [0.1, 0.15) is 25.3 Å². The van der Waals surface area contributed by atoms with Crippen LogP contribution in [-0.2, 0) is 6.42 Å². The number of benzene rings is 1. The van der Waals surface area contributed by atoms with E-state index in [1.165, 1.54) is 6.07 Å². The first kappa shape index (κ1) is 9.72. The molecule has 0 aliphatic rings. The van der Waals surface area contributed by atoms with E-state index in [4.69, 9.17) is 0 Å². The molecule has 1 aromatic rings. The maximum atomic E-state index is 13.1. The van der Waals surface area contributed by atoms with Crippen molar-refractivity contribution in [3.05, 3.63) is 34.1 Å². The maximum Gasteiger partial charge on any atom is 0.127 e. The van der Waals surface area contributed by atoms with Crippen molar-refractivity contribution in [1.82, 2.24) is 0 Å². The highest BCUT2D eigenvalue weighted by Crippen LogP contribution is 2.16. The molecule has 0 spiro atoms. The number of halogens is 2. The van der Waals surface area contributed by atoms with Crippen molar-refractivity contribution in [1.29, 1.82) is 0 Å². The van der Waals surface area contributed by atoms with E-state index in [1.54, 1.807) is 0 Å². The van der Waals surface area contributed by atoms with Crippen LogP contribution in [0.25, 0.3) is 0 Å². The van der Waals surface area contributed by atoms with Crippen LogP contribution < -0.4 is 0 Å². The third-order valence-electron chi connectivity index (χ3n) is 1.81. The van der Waals surface area contributed by atoms with Crippen molar-refractivity contribution < 1.29 is 4.39 Å². The van der Waals surface area contributed by atoms with Crippen LogP contribution in [0.5, 0.6) is 0 Å². The first-order valence-electron chi connectivity index (χ1n) is 4.18. The lowest BCUT2D eigenvalue weighted by Gasteiger charge is -2.01. The molecule has 12 heavy (non-hydrogen) atoms. The Labute approximate surface area is 80.9 Å². The monoisotopic (exact) mass is 230 g/mol. The van der Waals surface area contributed by atoms with Gasteiger partial charge in [0.05, 0.1) is 0 Å². The molecule has 0 nitrogen and oxygen atoms in total. The summed E-state index contributed by atoms with van der Waals surface area (Å²) in [5, 5.41) is 0. The van der Waals surface area contributed by atoms with E-state index < -0.39 is 0 Å². The molecule has 2 heteroatoms. The van der Waals surface area contributed by atoms with Crippen molar-refractivity contribution in [2.45, 2.75) is 26.2 Å². The topological polar surface area (TPSA) is 0 Å².